The Bertz CT molecular complexity index is 760. The van der Waals surface area contributed by atoms with Gasteiger partial charge in [-0.05, 0) is 49.2 Å². The lowest BCUT2D eigenvalue weighted by atomic mass is 10.2. The van der Waals surface area contributed by atoms with E-state index in [2.05, 4.69) is 46.4 Å². The summed E-state index contributed by atoms with van der Waals surface area (Å²) in [4.78, 5) is 20.2. The van der Waals surface area contributed by atoms with E-state index in [0.717, 1.165) is 43.4 Å². The highest BCUT2D eigenvalue weighted by molar-refractivity contribution is 7.98. The van der Waals surface area contributed by atoms with Crippen molar-refractivity contribution in [2.75, 3.05) is 50.9 Å². The Morgan fingerprint density at radius 3 is 2.44 bits per heavy atom. The molecule has 0 saturated carbocycles. The van der Waals surface area contributed by atoms with Crippen molar-refractivity contribution in [1.29, 1.82) is 0 Å². The third-order valence-corrected chi connectivity index (χ3v) is 5.80. The highest BCUT2D eigenvalue weighted by atomic mass is 35.5. The fourth-order valence-corrected chi connectivity index (χ4v) is 3.91. The lowest BCUT2D eigenvalue weighted by Crippen LogP contribution is -2.51. The van der Waals surface area contributed by atoms with E-state index in [-0.39, 0.29) is 5.91 Å². The van der Waals surface area contributed by atoms with E-state index in [1.165, 1.54) is 10.5 Å². The summed E-state index contributed by atoms with van der Waals surface area (Å²) in [5, 5.41) is 0.748. The van der Waals surface area contributed by atoms with Crippen LogP contribution in [0.25, 0.3) is 0 Å². The molecular weight excluding hydrogens is 378 g/mol. The van der Waals surface area contributed by atoms with Crippen LogP contribution in [0.4, 0.5) is 5.69 Å². The van der Waals surface area contributed by atoms with Crippen molar-refractivity contribution < 1.29 is 4.79 Å². The average molecular weight is 404 g/mol. The molecule has 27 heavy (non-hydrogen) atoms. The number of anilines is 1. The van der Waals surface area contributed by atoms with E-state index in [0.29, 0.717) is 6.54 Å². The molecule has 1 amide bonds. The first-order valence-electron chi connectivity index (χ1n) is 9.15. The smallest absolute Gasteiger partial charge is 0.236 e. The first-order chi connectivity index (χ1) is 13.0. The van der Waals surface area contributed by atoms with Crippen LogP contribution < -0.4 is 4.90 Å². The molecule has 3 rings (SSSR count). The molecule has 0 atom stereocenters. The Morgan fingerprint density at radius 2 is 1.81 bits per heavy atom. The molecule has 4 nitrogen and oxygen atoms in total. The van der Waals surface area contributed by atoms with Gasteiger partial charge in [-0.15, -0.1) is 11.8 Å². The molecule has 0 aliphatic carbocycles. The van der Waals surface area contributed by atoms with Crippen LogP contribution >= 0.6 is 23.4 Å². The largest absolute Gasteiger partial charge is 0.368 e. The number of nitrogens with zero attached hydrogens (tertiary/aromatic N) is 3. The van der Waals surface area contributed by atoms with Crippen LogP contribution in [-0.4, -0.2) is 61.7 Å². The third kappa shape index (κ3) is 5.64. The van der Waals surface area contributed by atoms with Gasteiger partial charge in [-0.3, -0.25) is 9.69 Å². The van der Waals surface area contributed by atoms with Gasteiger partial charge in [-0.1, -0.05) is 29.8 Å². The second-order valence-electron chi connectivity index (χ2n) is 6.87. The fraction of sp³-hybridized carbons (Fsp3) is 0.381. The maximum atomic E-state index is 12.6. The number of amides is 1. The molecule has 0 aromatic heterocycles. The van der Waals surface area contributed by atoms with Crippen LogP contribution in [-0.2, 0) is 11.3 Å². The van der Waals surface area contributed by atoms with Gasteiger partial charge in [-0.2, -0.15) is 0 Å². The number of piperazine rings is 1. The summed E-state index contributed by atoms with van der Waals surface area (Å²) in [6.45, 7) is 4.41. The monoisotopic (exact) mass is 403 g/mol. The van der Waals surface area contributed by atoms with Crippen molar-refractivity contribution >= 4 is 35.0 Å². The van der Waals surface area contributed by atoms with Gasteiger partial charge in [0.15, 0.2) is 0 Å². The molecular formula is C21H26ClN3OS. The van der Waals surface area contributed by atoms with Gasteiger partial charge in [0.25, 0.3) is 0 Å². The van der Waals surface area contributed by atoms with Crippen LogP contribution in [0.5, 0.6) is 0 Å². The summed E-state index contributed by atoms with van der Waals surface area (Å²) >= 11 is 7.83. The molecule has 1 fully saturated rings. The van der Waals surface area contributed by atoms with Gasteiger partial charge in [0.05, 0.1) is 6.54 Å². The summed E-state index contributed by atoms with van der Waals surface area (Å²) in [7, 11) is 2.00. The van der Waals surface area contributed by atoms with E-state index in [1.807, 2.05) is 30.1 Å². The van der Waals surface area contributed by atoms with Crippen LogP contribution in [0.15, 0.2) is 53.4 Å². The molecule has 0 bridgehead atoms. The lowest BCUT2D eigenvalue weighted by Gasteiger charge is -2.36. The molecule has 2 aromatic carbocycles. The highest BCUT2D eigenvalue weighted by Gasteiger charge is 2.22. The fourth-order valence-electron chi connectivity index (χ4n) is 3.32. The van der Waals surface area contributed by atoms with Gasteiger partial charge in [0, 0.05) is 48.3 Å². The summed E-state index contributed by atoms with van der Waals surface area (Å²) in [5.74, 6) is 0.198. The Labute approximate surface area is 171 Å². The normalized spacial score (nSPS) is 14.7. The number of rotatable bonds is 6. The van der Waals surface area contributed by atoms with E-state index >= 15 is 0 Å². The Hall–Kier alpha value is -1.69. The number of likely N-dealkylation sites (N-methyl/N-ethyl adjacent to an activating group) is 1. The second kappa shape index (κ2) is 9.49. The minimum absolute atomic E-state index is 0.198. The number of benzene rings is 2. The molecule has 6 heteroatoms. The quantitative estimate of drug-likeness (QED) is 0.684. The van der Waals surface area contributed by atoms with Crippen molar-refractivity contribution in [3.8, 4) is 0 Å². The number of halogens is 1. The standard InChI is InChI=1S/C21H26ClN3OS/c1-23(15-17-6-8-20(27-2)9-7-17)16-21(26)25-12-10-24(11-13-25)19-5-3-4-18(22)14-19/h3-9,14H,10-13,15-16H2,1-2H3. The molecule has 2 aromatic rings. The molecule has 0 spiro atoms. The third-order valence-electron chi connectivity index (χ3n) is 4.82. The van der Waals surface area contributed by atoms with E-state index in [9.17, 15) is 4.79 Å². The zero-order valence-electron chi connectivity index (χ0n) is 15.9. The Kier molecular flexibility index (Phi) is 7.05. The molecule has 1 heterocycles. The van der Waals surface area contributed by atoms with Crippen LogP contribution in [0.3, 0.4) is 0 Å². The van der Waals surface area contributed by atoms with E-state index in [1.54, 1.807) is 11.8 Å². The molecule has 144 valence electrons. The Balaban J connectivity index is 1.47. The van der Waals surface area contributed by atoms with E-state index < -0.39 is 0 Å². The van der Waals surface area contributed by atoms with Crippen LogP contribution in [0.2, 0.25) is 5.02 Å². The summed E-state index contributed by atoms with van der Waals surface area (Å²) < 4.78 is 0. The summed E-state index contributed by atoms with van der Waals surface area (Å²) in [5.41, 5.74) is 2.36. The SMILES string of the molecule is CSc1ccc(CN(C)CC(=O)N2CCN(c3cccc(Cl)c3)CC2)cc1. The van der Waals surface area contributed by atoms with Crippen molar-refractivity contribution in [2.45, 2.75) is 11.4 Å². The van der Waals surface area contributed by atoms with E-state index in [4.69, 9.17) is 11.6 Å². The number of carbonyl (C=O) groups is 1. The number of thioether (sulfide) groups is 1. The van der Waals surface area contributed by atoms with Crippen molar-refractivity contribution in [2.24, 2.45) is 0 Å². The molecule has 0 N–H and O–H groups in total. The first kappa shape index (κ1) is 20.1. The molecule has 1 saturated heterocycles. The van der Waals surface area contributed by atoms with Crippen LogP contribution in [0.1, 0.15) is 5.56 Å². The summed E-state index contributed by atoms with van der Waals surface area (Å²) in [6, 6.07) is 16.4. The lowest BCUT2D eigenvalue weighted by molar-refractivity contribution is -0.132. The Morgan fingerprint density at radius 1 is 1.11 bits per heavy atom. The van der Waals surface area contributed by atoms with Gasteiger partial charge >= 0.3 is 0 Å². The predicted molar refractivity (Wildman–Crippen MR) is 115 cm³/mol. The maximum Gasteiger partial charge on any atom is 0.236 e. The second-order valence-corrected chi connectivity index (χ2v) is 8.18. The minimum atomic E-state index is 0.198. The molecule has 1 aliphatic heterocycles. The molecule has 0 radical (unpaired) electrons. The van der Waals surface area contributed by atoms with Gasteiger partial charge in [0.1, 0.15) is 0 Å². The maximum absolute atomic E-state index is 12.6. The predicted octanol–water partition coefficient (Wildman–Crippen LogP) is 3.84. The van der Waals surface area contributed by atoms with Gasteiger partial charge in [0.2, 0.25) is 5.91 Å². The molecule has 0 unspecified atom stereocenters. The number of hydrogen-bond donors (Lipinski definition) is 0. The number of hydrogen-bond acceptors (Lipinski definition) is 4. The zero-order chi connectivity index (χ0) is 19.2. The summed E-state index contributed by atoms with van der Waals surface area (Å²) in [6.07, 6.45) is 2.08. The zero-order valence-corrected chi connectivity index (χ0v) is 17.5. The molecule has 1 aliphatic rings. The van der Waals surface area contributed by atoms with Crippen molar-refractivity contribution in [3.63, 3.8) is 0 Å². The topological polar surface area (TPSA) is 26.8 Å². The van der Waals surface area contributed by atoms with Crippen LogP contribution in [0, 0.1) is 0 Å². The number of carbonyl (C=O) groups excluding carboxylic acids is 1. The average Bonchev–Trinajstić information content (AvgIpc) is 2.68. The van der Waals surface area contributed by atoms with Crippen molar-refractivity contribution in [3.05, 3.63) is 59.1 Å². The van der Waals surface area contributed by atoms with Crippen molar-refractivity contribution in [1.82, 2.24) is 9.80 Å². The minimum Gasteiger partial charge on any atom is -0.368 e. The van der Waals surface area contributed by atoms with Gasteiger partial charge in [-0.25, -0.2) is 0 Å². The highest BCUT2D eigenvalue weighted by Crippen LogP contribution is 2.21. The van der Waals surface area contributed by atoms with Gasteiger partial charge < -0.3 is 9.80 Å². The first-order valence-corrected chi connectivity index (χ1v) is 10.7.